The van der Waals surface area contributed by atoms with Crippen molar-refractivity contribution in [2.45, 2.75) is 24.5 Å². The van der Waals surface area contributed by atoms with E-state index in [1.165, 1.54) is 32.2 Å². The highest BCUT2D eigenvalue weighted by atomic mass is 32.2. The van der Waals surface area contributed by atoms with Gasteiger partial charge in [0.25, 0.3) is 10.0 Å². The van der Waals surface area contributed by atoms with Gasteiger partial charge >= 0.3 is 11.9 Å². The van der Waals surface area contributed by atoms with Gasteiger partial charge in [0.05, 0.1) is 12.0 Å². The molecule has 9 nitrogen and oxygen atoms in total. The minimum Gasteiger partial charge on any atom is -0.463 e. The van der Waals surface area contributed by atoms with Gasteiger partial charge in [-0.3, -0.25) is 9.71 Å². The maximum atomic E-state index is 12.1. The lowest BCUT2D eigenvalue weighted by molar-refractivity contribution is -0.146. The Bertz CT molecular complexity index is 1020. The largest absolute Gasteiger partial charge is 0.463 e. The summed E-state index contributed by atoms with van der Waals surface area (Å²) in [6.45, 7) is 1.28. The van der Waals surface area contributed by atoms with Gasteiger partial charge in [-0.25, -0.2) is 18.0 Å². The van der Waals surface area contributed by atoms with Crippen molar-refractivity contribution in [2.24, 2.45) is 4.99 Å². The van der Waals surface area contributed by atoms with Crippen molar-refractivity contribution in [1.29, 1.82) is 0 Å². The first kappa shape index (κ1) is 18.6. The van der Waals surface area contributed by atoms with E-state index in [0.29, 0.717) is 5.56 Å². The van der Waals surface area contributed by atoms with Crippen LogP contribution in [0.2, 0.25) is 0 Å². The molecule has 1 atom stereocenters. The van der Waals surface area contributed by atoms with E-state index >= 15 is 0 Å². The second kappa shape index (κ2) is 7.23. The van der Waals surface area contributed by atoms with Crippen molar-refractivity contribution in [3.63, 3.8) is 0 Å². The van der Waals surface area contributed by atoms with Crippen LogP contribution in [0.4, 0.5) is 0 Å². The number of carbonyl (C=O) groups is 2. The van der Waals surface area contributed by atoms with Crippen LogP contribution in [-0.2, 0) is 30.9 Å². The number of sulfonamides is 1. The molecule has 0 saturated carbocycles. The van der Waals surface area contributed by atoms with Crippen LogP contribution >= 0.6 is 0 Å². The first-order chi connectivity index (χ1) is 12.8. The van der Waals surface area contributed by atoms with E-state index in [2.05, 4.69) is 14.5 Å². The van der Waals surface area contributed by atoms with Gasteiger partial charge in [-0.1, -0.05) is 12.1 Å². The highest BCUT2D eigenvalue weighted by Gasteiger charge is 2.31. The lowest BCUT2D eigenvalue weighted by Crippen LogP contribution is -2.26. The van der Waals surface area contributed by atoms with E-state index in [-0.39, 0.29) is 28.9 Å². The van der Waals surface area contributed by atoms with E-state index in [0.717, 1.165) is 0 Å². The molecular weight excluding hydrogens is 376 g/mol. The number of fused-ring (bicyclic) bond motifs is 1. The van der Waals surface area contributed by atoms with Crippen molar-refractivity contribution in [2.75, 3.05) is 7.11 Å². The molecule has 2 aromatic rings. The Labute approximate surface area is 155 Å². The molecule has 2 heterocycles. The molecule has 27 heavy (non-hydrogen) atoms. The number of methoxy groups -OCH3 is 1. The Kier molecular flexibility index (Phi) is 5.00. The summed E-state index contributed by atoms with van der Waals surface area (Å²) < 4.78 is 41.2. The van der Waals surface area contributed by atoms with Crippen LogP contribution < -0.4 is 4.72 Å². The van der Waals surface area contributed by atoms with Gasteiger partial charge in [-0.05, 0) is 31.2 Å². The second-order valence-electron chi connectivity index (χ2n) is 5.62. The number of furan rings is 1. The van der Waals surface area contributed by atoms with Crippen LogP contribution in [-0.4, -0.2) is 39.3 Å². The van der Waals surface area contributed by atoms with Gasteiger partial charge < -0.3 is 13.9 Å². The molecule has 0 radical (unpaired) electrons. The molecule has 0 saturated heterocycles. The molecule has 1 aliphatic rings. The number of nitrogens with zero attached hydrogens (tertiary/aromatic N) is 1. The van der Waals surface area contributed by atoms with Crippen molar-refractivity contribution in [3.05, 3.63) is 53.5 Å². The third-order valence-corrected chi connectivity index (χ3v) is 5.13. The summed E-state index contributed by atoms with van der Waals surface area (Å²) in [6, 6.07) is 8.27. The zero-order valence-corrected chi connectivity index (χ0v) is 15.3. The number of amidine groups is 1. The number of benzene rings is 1. The Morgan fingerprint density at radius 1 is 1.22 bits per heavy atom. The molecule has 3 rings (SSSR count). The number of esters is 2. The summed E-state index contributed by atoms with van der Waals surface area (Å²) in [4.78, 5) is 27.7. The Morgan fingerprint density at radius 2 is 1.96 bits per heavy atom. The van der Waals surface area contributed by atoms with Crippen LogP contribution in [0.25, 0.3) is 0 Å². The van der Waals surface area contributed by atoms with E-state index < -0.39 is 28.0 Å². The molecule has 0 aliphatic carbocycles. The van der Waals surface area contributed by atoms with Crippen molar-refractivity contribution < 1.29 is 31.9 Å². The van der Waals surface area contributed by atoms with Gasteiger partial charge in [0.15, 0.2) is 0 Å². The molecule has 1 N–H and O–H groups in total. The first-order valence-corrected chi connectivity index (χ1v) is 9.34. The number of rotatable bonds is 5. The van der Waals surface area contributed by atoms with Crippen LogP contribution in [0.5, 0.6) is 0 Å². The van der Waals surface area contributed by atoms with Crippen LogP contribution in [0.3, 0.4) is 0 Å². The number of nitrogens with one attached hydrogen (secondary N) is 1. The van der Waals surface area contributed by atoms with Crippen molar-refractivity contribution in [3.8, 4) is 0 Å². The van der Waals surface area contributed by atoms with Crippen LogP contribution in [0, 0.1) is 0 Å². The lowest BCUT2D eigenvalue weighted by Gasteiger charge is -2.08. The highest BCUT2D eigenvalue weighted by Crippen LogP contribution is 2.22. The molecule has 0 fully saturated rings. The molecular formula is C17H16N2O7S. The molecule has 10 heteroatoms. The van der Waals surface area contributed by atoms with Gasteiger partial charge in [-0.15, -0.1) is 0 Å². The van der Waals surface area contributed by atoms with E-state index in [9.17, 15) is 18.0 Å². The second-order valence-corrected chi connectivity index (χ2v) is 7.27. The first-order valence-electron chi connectivity index (χ1n) is 7.85. The summed E-state index contributed by atoms with van der Waals surface area (Å²) in [5.41, 5.74) is 0.394. The maximum Gasteiger partial charge on any atom is 0.373 e. The van der Waals surface area contributed by atoms with E-state index in [1.54, 1.807) is 18.2 Å². The van der Waals surface area contributed by atoms with Gasteiger partial charge in [0, 0.05) is 5.56 Å². The fourth-order valence-electron chi connectivity index (χ4n) is 2.40. The third-order valence-electron chi connectivity index (χ3n) is 3.73. The summed E-state index contributed by atoms with van der Waals surface area (Å²) in [5.74, 6) is -0.980. The molecule has 1 aromatic heterocycles. The quantitative estimate of drug-likeness (QED) is 0.759. The SMILES string of the molecule is COC(=O)c1ccc(COC(=O)[C@H](C)N=C2NS(=O)(=O)c3ccccc32)o1. The highest BCUT2D eigenvalue weighted by molar-refractivity contribution is 7.90. The van der Waals surface area contributed by atoms with E-state index in [4.69, 9.17) is 9.15 Å². The lowest BCUT2D eigenvalue weighted by atomic mass is 10.2. The molecule has 0 bridgehead atoms. The van der Waals surface area contributed by atoms with Crippen LogP contribution in [0.15, 0.2) is 50.7 Å². The molecule has 1 aliphatic heterocycles. The Morgan fingerprint density at radius 3 is 2.70 bits per heavy atom. The zero-order valence-electron chi connectivity index (χ0n) is 14.5. The van der Waals surface area contributed by atoms with Crippen molar-refractivity contribution >= 4 is 27.8 Å². The minimum absolute atomic E-state index is 0.00573. The van der Waals surface area contributed by atoms with Crippen molar-refractivity contribution in [1.82, 2.24) is 4.72 Å². The predicted molar refractivity (Wildman–Crippen MR) is 92.6 cm³/mol. The molecule has 0 unspecified atom stereocenters. The minimum atomic E-state index is -3.68. The van der Waals surface area contributed by atoms with Gasteiger partial charge in [0.2, 0.25) is 5.76 Å². The number of ether oxygens (including phenoxy) is 2. The Balaban J connectivity index is 1.67. The van der Waals surface area contributed by atoms with Crippen LogP contribution in [0.1, 0.15) is 28.8 Å². The third kappa shape index (κ3) is 3.85. The number of hydrogen-bond acceptors (Lipinski definition) is 8. The molecule has 142 valence electrons. The number of hydrogen-bond donors (Lipinski definition) is 1. The zero-order chi connectivity index (χ0) is 19.6. The summed E-state index contributed by atoms with van der Waals surface area (Å²) in [5, 5.41) is 0. The maximum absolute atomic E-state index is 12.1. The average molecular weight is 392 g/mol. The number of carbonyl (C=O) groups excluding carboxylic acids is 2. The topological polar surface area (TPSA) is 124 Å². The summed E-state index contributed by atoms with van der Waals surface area (Å²) in [6.07, 6.45) is 0. The van der Waals surface area contributed by atoms with Gasteiger partial charge in [-0.2, -0.15) is 0 Å². The fourth-order valence-corrected chi connectivity index (χ4v) is 3.64. The average Bonchev–Trinajstić information content (AvgIpc) is 3.22. The molecule has 1 aromatic carbocycles. The monoisotopic (exact) mass is 392 g/mol. The summed E-state index contributed by atoms with van der Waals surface area (Å²) >= 11 is 0. The smallest absolute Gasteiger partial charge is 0.373 e. The standard InChI is InChI=1S/C17H16N2O7S/c1-10(16(20)25-9-11-7-8-13(26-11)17(21)24-2)18-15-12-5-3-4-6-14(12)27(22,23)19-15/h3-8,10H,9H2,1-2H3,(H,18,19)/t10-/m0/s1. The molecule has 0 amide bonds. The Hall–Kier alpha value is -3.14. The predicted octanol–water partition coefficient (Wildman–Crippen LogP) is 1.24. The number of aliphatic imine (C=N–C) groups is 1. The van der Waals surface area contributed by atoms with Gasteiger partial charge in [0.1, 0.15) is 24.2 Å². The van der Waals surface area contributed by atoms with E-state index in [1.807, 2.05) is 0 Å². The fraction of sp³-hybridized carbons (Fsp3) is 0.235. The molecule has 0 spiro atoms. The summed E-state index contributed by atoms with van der Waals surface area (Å²) in [7, 11) is -2.46. The normalized spacial score (nSPS) is 17.0.